The number of hydrogen-bond acceptors (Lipinski definition) is 3. The molecule has 0 aromatic heterocycles. The monoisotopic (exact) mass is 305 g/mol. The SMILES string of the molecule is C[C@H]1Cc2ccccc2N1C(=S)NCCN1CCOCC1. The van der Waals surface area contributed by atoms with Crippen LogP contribution >= 0.6 is 12.2 Å². The molecule has 4 nitrogen and oxygen atoms in total. The van der Waals surface area contributed by atoms with Gasteiger partial charge in [-0.1, -0.05) is 18.2 Å². The highest BCUT2D eigenvalue weighted by Gasteiger charge is 2.28. The van der Waals surface area contributed by atoms with Crippen molar-refractivity contribution in [2.24, 2.45) is 0 Å². The standard InChI is InChI=1S/C16H23N3OS/c1-13-12-14-4-2-3-5-15(14)19(13)16(21)17-6-7-18-8-10-20-11-9-18/h2-5,13H,6-12H2,1H3,(H,17,21)/t13-/m0/s1. The average molecular weight is 305 g/mol. The molecule has 1 atom stereocenters. The van der Waals surface area contributed by atoms with Gasteiger partial charge in [-0.15, -0.1) is 0 Å². The number of para-hydroxylation sites is 1. The van der Waals surface area contributed by atoms with Crippen LogP contribution in [0, 0.1) is 0 Å². The Morgan fingerprint density at radius 3 is 2.90 bits per heavy atom. The van der Waals surface area contributed by atoms with Gasteiger partial charge in [0, 0.05) is 37.9 Å². The number of nitrogens with zero attached hydrogens (tertiary/aromatic N) is 2. The van der Waals surface area contributed by atoms with Crippen LogP contribution in [0.1, 0.15) is 12.5 Å². The van der Waals surface area contributed by atoms with Crippen LogP contribution in [-0.2, 0) is 11.2 Å². The minimum Gasteiger partial charge on any atom is -0.379 e. The third-order valence-electron chi connectivity index (χ3n) is 4.23. The molecule has 0 bridgehead atoms. The summed E-state index contributed by atoms with van der Waals surface area (Å²) in [4.78, 5) is 4.67. The van der Waals surface area contributed by atoms with E-state index in [2.05, 4.69) is 46.3 Å². The van der Waals surface area contributed by atoms with Gasteiger partial charge in [-0.2, -0.15) is 0 Å². The molecular weight excluding hydrogens is 282 g/mol. The van der Waals surface area contributed by atoms with Crippen molar-refractivity contribution in [3.05, 3.63) is 29.8 Å². The third-order valence-corrected chi connectivity index (χ3v) is 4.58. The smallest absolute Gasteiger partial charge is 0.173 e. The van der Waals surface area contributed by atoms with Crippen LogP contribution in [0.25, 0.3) is 0 Å². The third kappa shape index (κ3) is 3.36. The Bertz CT molecular complexity index is 502. The summed E-state index contributed by atoms with van der Waals surface area (Å²) in [7, 11) is 0. The number of thiocarbonyl (C=S) groups is 1. The average Bonchev–Trinajstić information content (AvgIpc) is 2.84. The number of benzene rings is 1. The fourth-order valence-corrected chi connectivity index (χ4v) is 3.49. The van der Waals surface area contributed by atoms with E-state index >= 15 is 0 Å². The molecule has 0 unspecified atom stereocenters. The lowest BCUT2D eigenvalue weighted by Crippen LogP contribution is -2.46. The second kappa shape index (κ2) is 6.73. The molecule has 2 aliphatic rings. The minimum absolute atomic E-state index is 0.436. The fraction of sp³-hybridized carbons (Fsp3) is 0.562. The van der Waals surface area contributed by atoms with Crippen molar-refractivity contribution < 1.29 is 4.74 Å². The van der Waals surface area contributed by atoms with Gasteiger partial charge in [0.2, 0.25) is 0 Å². The first-order valence-corrected chi connectivity index (χ1v) is 8.11. The maximum absolute atomic E-state index is 5.61. The highest BCUT2D eigenvalue weighted by atomic mass is 32.1. The highest BCUT2D eigenvalue weighted by Crippen LogP contribution is 2.31. The number of ether oxygens (including phenoxy) is 1. The Kier molecular flexibility index (Phi) is 4.73. The zero-order chi connectivity index (χ0) is 14.7. The first kappa shape index (κ1) is 14.8. The maximum Gasteiger partial charge on any atom is 0.173 e. The van der Waals surface area contributed by atoms with E-state index in [1.165, 1.54) is 11.3 Å². The van der Waals surface area contributed by atoms with Crippen LogP contribution in [0.5, 0.6) is 0 Å². The normalized spacial score (nSPS) is 22.1. The molecule has 1 saturated heterocycles. The Morgan fingerprint density at radius 2 is 2.10 bits per heavy atom. The molecule has 0 saturated carbocycles. The van der Waals surface area contributed by atoms with Gasteiger partial charge in [-0.25, -0.2) is 0 Å². The van der Waals surface area contributed by atoms with Crippen molar-refractivity contribution in [2.75, 3.05) is 44.3 Å². The van der Waals surface area contributed by atoms with Crippen molar-refractivity contribution in [3.63, 3.8) is 0 Å². The largest absolute Gasteiger partial charge is 0.379 e. The number of nitrogens with one attached hydrogen (secondary N) is 1. The molecule has 21 heavy (non-hydrogen) atoms. The number of morpholine rings is 1. The zero-order valence-corrected chi connectivity index (χ0v) is 13.4. The van der Waals surface area contributed by atoms with E-state index in [1.807, 2.05) is 0 Å². The van der Waals surface area contributed by atoms with E-state index in [-0.39, 0.29) is 0 Å². The zero-order valence-electron chi connectivity index (χ0n) is 12.5. The van der Waals surface area contributed by atoms with Gasteiger partial charge in [0.15, 0.2) is 5.11 Å². The van der Waals surface area contributed by atoms with Crippen molar-refractivity contribution in [2.45, 2.75) is 19.4 Å². The molecule has 1 N–H and O–H groups in total. The molecule has 0 radical (unpaired) electrons. The lowest BCUT2D eigenvalue weighted by Gasteiger charge is -2.29. The van der Waals surface area contributed by atoms with Gasteiger partial charge in [-0.3, -0.25) is 4.90 Å². The number of fused-ring (bicyclic) bond motifs is 1. The second-order valence-electron chi connectivity index (χ2n) is 5.74. The second-order valence-corrected chi connectivity index (χ2v) is 6.12. The summed E-state index contributed by atoms with van der Waals surface area (Å²) in [5, 5.41) is 4.27. The first-order chi connectivity index (χ1) is 10.3. The molecule has 1 aromatic carbocycles. The predicted octanol–water partition coefficient (Wildman–Crippen LogP) is 1.64. The topological polar surface area (TPSA) is 27.7 Å². The lowest BCUT2D eigenvalue weighted by molar-refractivity contribution is 0.0389. The minimum atomic E-state index is 0.436. The Morgan fingerprint density at radius 1 is 1.33 bits per heavy atom. The summed E-state index contributed by atoms with van der Waals surface area (Å²) in [6, 6.07) is 8.98. The Hall–Kier alpha value is -1.17. The van der Waals surface area contributed by atoms with E-state index in [4.69, 9.17) is 17.0 Å². The number of anilines is 1. The van der Waals surface area contributed by atoms with Crippen molar-refractivity contribution in [3.8, 4) is 0 Å². The molecule has 1 fully saturated rings. The van der Waals surface area contributed by atoms with E-state index in [0.29, 0.717) is 6.04 Å². The summed E-state index contributed by atoms with van der Waals surface area (Å²) < 4.78 is 5.37. The maximum atomic E-state index is 5.61. The molecule has 1 aromatic rings. The van der Waals surface area contributed by atoms with Crippen LogP contribution in [-0.4, -0.2) is 55.4 Å². The first-order valence-electron chi connectivity index (χ1n) is 7.71. The molecule has 2 aliphatic heterocycles. The molecule has 0 aliphatic carbocycles. The van der Waals surface area contributed by atoms with Gasteiger partial charge in [0.25, 0.3) is 0 Å². The highest BCUT2D eigenvalue weighted by molar-refractivity contribution is 7.80. The van der Waals surface area contributed by atoms with Gasteiger partial charge < -0.3 is 15.0 Å². The molecule has 0 amide bonds. The Balaban J connectivity index is 1.53. The van der Waals surface area contributed by atoms with Crippen LogP contribution in [0.15, 0.2) is 24.3 Å². The summed E-state index contributed by atoms with van der Waals surface area (Å²) in [6.07, 6.45) is 1.07. The van der Waals surface area contributed by atoms with E-state index in [0.717, 1.165) is 50.9 Å². The van der Waals surface area contributed by atoms with Crippen LogP contribution < -0.4 is 10.2 Å². The van der Waals surface area contributed by atoms with Gasteiger partial charge >= 0.3 is 0 Å². The van der Waals surface area contributed by atoms with E-state index in [1.54, 1.807) is 0 Å². The van der Waals surface area contributed by atoms with Crippen LogP contribution in [0.3, 0.4) is 0 Å². The van der Waals surface area contributed by atoms with E-state index in [9.17, 15) is 0 Å². The van der Waals surface area contributed by atoms with Crippen LogP contribution in [0.4, 0.5) is 5.69 Å². The molecule has 3 rings (SSSR count). The van der Waals surface area contributed by atoms with Crippen molar-refractivity contribution in [1.82, 2.24) is 10.2 Å². The summed E-state index contributed by atoms with van der Waals surface area (Å²) in [6.45, 7) is 7.89. The lowest BCUT2D eigenvalue weighted by atomic mass is 10.1. The predicted molar refractivity (Wildman–Crippen MR) is 89.9 cm³/mol. The van der Waals surface area contributed by atoms with Crippen molar-refractivity contribution >= 4 is 23.0 Å². The van der Waals surface area contributed by atoms with Gasteiger partial charge in [0.05, 0.1) is 13.2 Å². The van der Waals surface area contributed by atoms with Gasteiger partial charge in [0.1, 0.15) is 0 Å². The summed E-state index contributed by atoms with van der Waals surface area (Å²) >= 11 is 5.61. The van der Waals surface area contributed by atoms with E-state index < -0.39 is 0 Å². The molecule has 0 spiro atoms. The number of hydrogen-bond donors (Lipinski definition) is 1. The quantitative estimate of drug-likeness (QED) is 0.857. The molecular formula is C16H23N3OS. The van der Waals surface area contributed by atoms with Crippen LogP contribution in [0.2, 0.25) is 0 Å². The Labute approximate surface area is 132 Å². The summed E-state index contributed by atoms with van der Waals surface area (Å²) in [5.41, 5.74) is 2.65. The van der Waals surface area contributed by atoms with Gasteiger partial charge in [-0.05, 0) is 37.2 Å². The number of rotatable bonds is 3. The molecule has 114 valence electrons. The molecule has 5 heteroatoms. The molecule has 2 heterocycles. The summed E-state index contributed by atoms with van der Waals surface area (Å²) in [5.74, 6) is 0. The fourth-order valence-electron chi connectivity index (χ4n) is 3.11. The van der Waals surface area contributed by atoms with Crippen molar-refractivity contribution in [1.29, 1.82) is 0 Å².